The van der Waals surface area contributed by atoms with Crippen molar-refractivity contribution < 1.29 is 27.9 Å². The monoisotopic (exact) mass is 276 g/mol. The highest BCUT2D eigenvalue weighted by atomic mass is 19.4. The fourth-order valence-electron chi connectivity index (χ4n) is 1.26. The molecule has 0 saturated heterocycles. The number of hydrogen-bond donors (Lipinski definition) is 3. The van der Waals surface area contributed by atoms with Crippen molar-refractivity contribution in [2.24, 2.45) is 0 Å². The highest BCUT2D eigenvalue weighted by Crippen LogP contribution is 2.34. The molecule has 0 heterocycles. The molecule has 0 aromatic heterocycles. The maximum absolute atomic E-state index is 12.6. The fraction of sp³-hybridized carbons (Fsp3) is 0.273. The molecule has 0 aliphatic rings. The van der Waals surface area contributed by atoms with Crippen LogP contribution in [0.3, 0.4) is 0 Å². The Labute approximate surface area is 106 Å². The Morgan fingerprint density at radius 2 is 1.84 bits per heavy atom. The Bertz CT molecular complexity index is 488. The molecule has 3 N–H and O–H groups in total. The molecule has 0 fully saturated rings. The van der Waals surface area contributed by atoms with Crippen LogP contribution < -0.4 is 10.6 Å². The van der Waals surface area contributed by atoms with E-state index in [1.54, 1.807) is 0 Å². The van der Waals surface area contributed by atoms with Crippen LogP contribution in [-0.4, -0.2) is 23.1 Å². The summed E-state index contributed by atoms with van der Waals surface area (Å²) in [4.78, 5) is 21.8. The van der Waals surface area contributed by atoms with E-state index in [9.17, 15) is 22.8 Å². The lowest BCUT2D eigenvalue weighted by Crippen LogP contribution is -2.41. The molecule has 0 unspecified atom stereocenters. The summed E-state index contributed by atoms with van der Waals surface area (Å²) < 4.78 is 37.9. The van der Waals surface area contributed by atoms with E-state index in [0.717, 1.165) is 12.1 Å². The second-order valence-electron chi connectivity index (χ2n) is 3.70. The molecule has 19 heavy (non-hydrogen) atoms. The van der Waals surface area contributed by atoms with Crippen molar-refractivity contribution in [3.8, 4) is 0 Å². The van der Waals surface area contributed by atoms with Gasteiger partial charge >= 0.3 is 18.2 Å². The molecule has 0 aliphatic heterocycles. The lowest BCUT2D eigenvalue weighted by Gasteiger charge is -2.15. The highest BCUT2D eigenvalue weighted by Gasteiger charge is 2.33. The van der Waals surface area contributed by atoms with Crippen molar-refractivity contribution in [2.75, 3.05) is 5.32 Å². The van der Waals surface area contributed by atoms with Crippen LogP contribution in [0, 0.1) is 0 Å². The second kappa shape index (κ2) is 5.59. The Balaban J connectivity index is 2.83. The standard InChI is InChI=1S/C11H11F3N2O3/c1-6(9(17)18)15-10(19)16-8-5-3-2-4-7(8)11(12,13)14/h2-6H,1H3,(H,17,18)(H2,15,16,19)/t6-/m0/s1. The van der Waals surface area contributed by atoms with Crippen LogP contribution in [-0.2, 0) is 11.0 Å². The van der Waals surface area contributed by atoms with Crippen LogP contribution in [0.25, 0.3) is 0 Å². The van der Waals surface area contributed by atoms with E-state index >= 15 is 0 Å². The third kappa shape index (κ3) is 4.16. The first-order valence-electron chi connectivity index (χ1n) is 5.18. The number of amides is 2. The first-order chi connectivity index (χ1) is 8.71. The number of para-hydroxylation sites is 1. The third-order valence-electron chi connectivity index (χ3n) is 2.20. The quantitative estimate of drug-likeness (QED) is 0.792. The Morgan fingerprint density at radius 3 is 2.37 bits per heavy atom. The summed E-state index contributed by atoms with van der Waals surface area (Å²) in [5.41, 5.74) is -1.45. The predicted molar refractivity (Wildman–Crippen MR) is 60.7 cm³/mol. The second-order valence-corrected chi connectivity index (χ2v) is 3.70. The molecule has 0 aliphatic carbocycles. The fourth-order valence-corrected chi connectivity index (χ4v) is 1.26. The molecular formula is C11H11F3N2O3. The van der Waals surface area contributed by atoms with Crippen LogP contribution in [0.2, 0.25) is 0 Å². The largest absolute Gasteiger partial charge is 0.480 e. The SMILES string of the molecule is C[C@H](NC(=O)Nc1ccccc1C(F)(F)F)C(=O)O. The van der Waals surface area contributed by atoms with Crippen molar-refractivity contribution in [2.45, 2.75) is 19.1 Å². The average molecular weight is 276 g/mol. The van der Waals surface area contributed by atoms with E-state index in [2.05, 4.69) is 0 Å². The Morgan fingerprint density at radius 1 is 1.26 bits per heavy atom. The number of carboxylic acids is 1. The molecular weight excluding hydrogens is 265 g/mol. The van der Waals surface area contributed by atoms with E-state index in [1.165, 1.54) is 19.1 Å². The highest BCUT2D eigenvalue weighted by molar-refractivity contribution is 5.92. The minimum absolute atomic E-state index is 0.440. The van der Waals surface area contributed by atoms with E-state index in [1.807, 2.05) is 10.6 Å². The van der Waals surface area contributed by atoms with Crippen LogP contribution in [0.1, 0.15) is 12.5 Å². The minimum Gasteiger partial charge on any atom is -0.480 e. The lowest BCUT2D eigenvalue weighted by atomic mass is 10.1. The molecule has 2 amide bonds. The summed E-state index contributed by atoms with van der Waals surface area (Å²) in [6.45, 7) is 1.19. The smallest absolute Gasteiger partial charge is 0.418 e. The number of carbonyl (C=O) groups is 2. The van der Waals surface area contributed by atoms with Gasteiger partial charge < -0.3 is 15.7 Å². The molecule has 0 spiro atoms. The number of carboxylic acid groups (broad SMARTS) is 1. The summed E-state index contributed by atoms with van der Waals surface area (Å²) in [7, 11) is 0. The number of carbonyl (C=O) groups excluding carboxylic acids is 1. The van der Waals surface area contributed by atoms with Gasteiger partial charge in [-0.1, -0.05) is 12.1 Å². The number of anilines is 1. The molecule has 1 atom stereocenters. The van der Waals surface area contributed by atoms with Crippen LogP contribution in [0.5, 0.6) is 0 Å². The first kappa shape index (κ1) is 14.8. The van der Waals surface area contributed by atoms with Crippen molar-refractivity contribution >= 4 is 17.7 Å². The van der Waals surface area contributed by atoms with Gasteiger partial charge in [0.05, 0.1) is 11.3 Å². The van der Waals surface area contributed by atoms with Crippen LogP contribution in [0.4, 0.5) is 23.7 Å². The number of rotatable bonds is 3. The number of urea groups is 1. The number of hydrogen-bond acceptors (Lipinski definition) is 2. The zero-order chi connectivity index (χ0) is 14.6. The van der Waals surface area contributed by atoms with E-state index in [4.69, 9.17) is 5.11 Å². The van der Waals surface area contributed by atoms with Gasteiger partial charge in [-0.05, 0) is 19.1 Å². The number of halogens is 3. The van der Waals surface area contributed by atoms with Gasteiger partial charge in [-0.25, -0.2) is 4.79 Å². The summed E-state index contributed by atoms with van der Waals surface area (Å²) in [5.74, 6) is -1.29. The molecule has 0 radical (unpaired) electrons. The maximum atomic E-state index is 12.6. The normalized spacial score (nSPS) is 12.6. The Hall–Kier alpha value is -2.25. The van der Waals surface area contributed by atoms with Crippen molar-refractivity contribution in [1.82, 2.24) is 5.32 Å². The Kier molecular flexibility index (Phi) is 4.36. The van der Waals surface area contributed by atoms with Gasteiger partial charge in [0, 0.05) is 0 Å². The van der Waals surface area contributed by atoms with Crippen molar-refractivity contribution in [3.63, 3.8) is 0 Å². The van der Waals surface area contributed by atoms with Gasteiger partial charge in [0.15, 0.2) is 0 Å². The van der Waals surface area contributed by atoms with Crippen molar-refractivity contribution in [1.29, 1.82) is 0 Å². The third-order valence-corrected chi connectivity index (χ3v) is 2.20. The molecule has 1 aromatic rings. The lowest BCUT2D eigenvalue weighted by molar-refractivity contribution is -0.139. The topological polar surface area (TPSA) is 78.4 Å². The molecule has 1 rings (SSSR count). The molecule has 104 valence electrons. The van der Waals surface area contributed by atoms with Gasteiger partial charge in [0.25, 0.3) is 0 Å². The molecule has 0 saturated carbocycles. The molecule has 8 heteroatoms. The summed E-state index contributed by atoms with van der Waals surface area (Å²) >= 11 is 0. The van der Waals surface area contributed by atoms with Crippen LogP contribution in [0.15, 0.2) is 24.3 Å². The van der Waals surface area contributed by atoms with E-state index in [0.29, 0.717) is 0 Å². The number of aliphatic carboxylic acids is 1. The summed E-state index contributed by atoms with van der Waals surface area (Å²) in [6.07, 6.45) is -4.61. The number of nitrogens with one attached hydrogen (secondary N) is 2. The zero-order valence-corrected chi connectivity index (χ0v) is 9.78. The van der Waals surface area contributed by atoms with Gasteiger partial charge in [0.2, 0.25) is 0 Å². The van der Waals surface area contributed by atoms with Gasteiger partial charge in [0.1, 0.15) is 6.04 Å². The summed E-state index contributed by atoms with van der Waals surface area (Å²) in [5, 5.41) is 12.5. The van der Waals surface area contributed by atoms with Gasteiger partial charge in [-0.2, -0.15) is 13.2 Å². The van der Waals surface area contributed by atoms with E-state index in [-0.39, 0.29) is 0 Å². The van der Waals surface area contributed by atoms with E-state index < -0.39 is 35.5 Å². The maximum Gasteiger partial charge on any atom is 0.418 e. The van der Waals surface area contributed by atoms with Gasteiger partial charge in [-0.15, -0.1) is 0 Å². The van der Waals surface area contributed by atoms with Crippen LogP contribution >= 0.6 is 0 Å². The van der Waals surface area contributed by atoms with Gasteiger partial charge in [-0.3, -0.25) is 4.79 Å². The average Bonchev–Trinajstić information content (AvgIpc) is 2.27. The number of benzene rings is 1. The molecule has 5 nitrogen and oxygen atoms in total. The minimum atomic E-state index is -4.61. The first-order valence-corrected chi connectivity index (χ1v) is 5.18. The number of alkyl halides is 3. The molecule has 0 bridgehead atoms. The van der Waals surface area contributed by atoms with Crippen molar-refractivity contribution in [3.05, 3.63) is 29.8 Å². The molecule has 1 aromatic carbocycles. The predicted octanol–water partition coefficient (Wildman–Crippen LogP) is 2.30. The summed E-state index contributed by atoms with van der Waals surface area (Å²) in [6, 6.07) is 2.17. The zero-order valence-electron chi connectivity index (χ0n) is 9.78.